The molecule has 0 bridgehead atoms. The molecule has 1 amide bonds. The van der Waals surface area contributed by atoms with E-state index in [9.17, 15) is 4.79 Å². The number of carbonyl (C=O) groups is 1. The molecule has 164 valence electrons. The summed E-state index contributed by atoms with van der Waals surface area (Å²) in [4.78, 5) is 24.3. The second-order valence-corrected chi connectivity index (χ2v) is 9.52. The number of aromatic nitrogens is 2. The van der Waals surface area contributed by atoms with Crippen molar-refractivity contribution in [3.63, 3.8) is 0 Å². The van der Waals surface area contributed by atoms with Crippen LogP contribution in [-0.2, 0) is 11.3 Å². The molecule has 0 saturated carbocycles. The average molecular weight is 445 g/mol. The molecule has 0 spiro atoms. The molecule has 1 saturated heterocycles. The summed E-state index contributed by atoms with van der Waals surface area (Å²) in [6.45, 7) is 5.65. The number of hydrogen-bond donors (Lipinski definition) is 2. The van der Waals surface area contributed by atoms with Crippen molar-refractivity contribution in [3.05, 3.63) is 65.7 Å². The van der Waals surface area contributed by atoms with Crippen LogP contribution in [0.15, 0.2) is 54.6 Å². The van der Waals surface area contributed by atoms with E-state index in [0.717, 1.165) is 67.2 Å². The first kappa shape index (κ1) is 20.9. The van der Waals surface area contributed by atoms with Gasteiger partial charge in [-0.05, 0) is 67.3 Å². The highest BCUT2D eigenvalue weighted by Gasteiger charge is 2.18. The Labute approximate surface area is 192 Å². The topological polar surface area (TPSA) is 61.0 Å². The van der Waals surface area contributed by atoms with E-state index in [4.69, 9.17) is 4.98 Å². The number of nitrogens with zero attached hydrogens (tertiary/aromatic N) is 2. The van der Waals surface area contributed by atoms with Gasteiger partial charge in [-0.2, -0.15) is 0 Å². The highest BCUT2D eigenvalue weighted by Crippen LogP contribution is 2.34. The van der Waals surface area contributed by atoms with Gasteiger partial charge in [0.05, 0.1) is 15.9 Å². The summed E-state index contributed by atoms with van der Waals surface area (Å²) >= 11 is 1.76. The second-order valence-electron chi connectivity index (χ2n) is 8.44. The summed E-state index contributed by atoms with van der Waals surface area (Å²) < 4.78 is 0. The van der Waals surface area contributed by atoms with Crippen molar-refractivity contribution in [2.24, 2.45) is 0 Å². The Bertz CT molecular complexity index is 1240. The van der Waals surface area contributed by atoms with Gasteiger partial charge in [-0.25, -0.2) is 4.98 Å². The first-order valence-corrected chi connectivity index (χ1v) is 12.1. The Morgan fingerprint density at radius 1 is 1.12 bits per heavy atom. The van der Waals surface area contributed by atoms with Crippen LogP contribution in [0.4, 0.5) is 0 Å². The van der Waals surface area contributed by atoms with Gasteiger partial charge in [-0.15, -0.1) is 11.3 Å². The number of benzene rings is 2. The third kappa shape index (κ3) is 4.47. The van der Waals surface area contributed by atoms with E-state index in [1.54, 1.807) is 11.3 Å². The number of fused-ring (bicyclic) bond motifs is 1. The van der Waals surface area contributed by atoms with E-state index in [1.165, 1.54) is 21.6 Å². The van der Waals surface area contributed by atoms with Crippen LogP contribution in [0.5, 0.6) is 0 Å². The molecule has 32 heavy (non-hydrogen) atoms. The SMILES string of the molecule is Cc1cccc2[nH]c(-c3ccc(-c4cccc(CNCCCN5CCCC5=O)c4)s3)nc12. The van der Waals surface area contributed by atoms with Gasteiger partial charge in [-0.3, -0.25) is 4.79 Å². The molecule has 1 aliphatic heterocycles. The number of amides is 1. The van der Waals surface area contributed by atoms with Gasteiger partial charge in [0.15, 0.2) is 0 Å². The van der Waals surface area contributed by atoms with Crippen LogP contribution in [0.2, 0.25) is 0 Å². The van der Waals surface area contributed by atoms with Crippen molar-refractivity contribution in [2.45, 2.75) is 32.7 Å². The zero-order chi connectivity index (χ0) is 21.9. The third-order valence-electron chi connectivity index (χ3n) is 6.05. The number of H-pyrrole nitrogens is 1. The quantitative estimate of drug-likeness (QED) is 0.359. The summed E-state index contributed by atoms with van der Waals surface area (Å²) in [5.41, 5.74) is 5.82. The van der Waals surface area contributed by atoms with E-state index in [1.807, 2.05) is 4.90 Å². The standard InChI is InChI=1S/C26H28N4OS/c1-18-6-2-9-21-25(18)29-26(28-21)23-12-11-22(32-23)20-8-3-7-19(16-20)17-27-13-5-15-30-14-4-10-24(30)31/h2-3,6-9,11-12,16,27H,4-5,10,13-15,17H2,1H3,(H,28,29). The van der Waals surface area contributed by atoms with Crippen molar-refractivity contribution < 1.29 is 4.79 Å². The molecule has 6 heteroatoms. The number of carbonyl (C=O) groups excluding carboxylic acids is 1. The summed E-state index contributed by atoms with van der Waals surface area (Å²) in [7, 11) is 0. The van der Waals surface area contributed by atoms with Crippen molar-refractivity contribution in [2.75, 3.05) is 19.6 Å². The maximum Gasteiger partial charge on any atom is 0.222 e. The molecular formula is C26H28N4OS. The van der Waals surface area contributed by atoms with Crippen molar-refractivity contribution in [3.8, 4) is 21.1 Å². The van der Waals surface area contributed by atoms with Gasteiger partial charge in [-0.1, -0.05) is 30.3 Å². The predicted octanol–water partition coefficient (Wildman–Crippen LogP) is 5.37. The summed E-state index contributed by atoms with van der Waals surface area (Å²) in [6.07, 6.45) is 2.73. The third-order valence-corrected chi connectivity index (χ3v) is 7.19. The normalized spacial score (nSPS) is 14.0. The van der Waals surface area contributed by atoms with Gasteiger partial charge in [0.2, 0.25) is 5.91 Å². The van der Waals surface area contributed by atoms with Crippen LogP contribution in [0.25, 0.3) is 32.2 Å². The highest BCUT2D eigenvalue weighted by atomic mass is 32.1. The summed E-state index contributed by atoms with van der Waals surface area (Å²) in [6, 6.07) is 19.3. The Hall–Kier alpha value is -2.96. The molecular weight excluding hydrogens is 416 g/mol. The fraction of sp³-hybridized carbons (Fsp3) is 0.308. The van der Waals surface area contributed by atoms with Gasteiger partial charge >= 0.3 is 0 Å². The van der Waals surface area contributed by atoms with Crippen LogP contribution >= 0.6 is 11.3 Å². The Kier molecular flexibility index (Phi) is 6.06. The molecule has 1 aliphatic rings. The number of likely N-dealkylation sites (tertiary alicyclic amines) is 1. The molecule has 1 fully saturated rings. The summed E-state index contributed by atoms with van der Waals surface area (Å²) in [5, 5.41) is 3.52. The Balaban J connectivity index is 1.21. The van der Waals surface area contributed by atoms with Crippen LogP contribution < -0.4 is 5.32 Å². The number of para-hydroxylation sites is 1. The lowest BCUT2D eigenvalue weighted by Gasteiger charge is -2.15. The predicted molar refractivity (Wildman–Crippen MR) is 132 cm³/mol. The van der Waals surface area contributed by atoms with Crippen LogP contribution in [0.3, 0.4) is 0 Å². The second kappa shape index (κ2) is 9.27. The molecule has 0 atom stereocenters. The maximum atomic E-state index is 11.7. The molecule has 5 rings (SSSR count). The van der Waals surface area contributed by atoms with Gasteiger partial charge < -0.3 is 15.2 Å². The fourth-order valence-electron chi connectivity index (χ4n) is 4.32. The molecule has 2 aromatic heterocycles. The number of nitrogens with one attached hydrogen (secondary N) is 2. The Morgan fingerprint density at radius 3 is 2.84 bits per heavy atom. The smallest absolute Gasteiger partial charge is 0.222 e. The number of thiophene rings is 1. The first-order valence-electron chi connectivity index (χ1n) is 11.3. The fourth-order valence-corrected chi connectivity index (χ4v) is 5.26. The van der Waals surface area contributed by atoms with Crippen LogP contribution in [0, 0.1) is 6.92 Å². The lowest BCUT2D eigenvalue weighted by atomic mass is 10.1. The lowest BCUT2D eigenvalue weighted by Crippen LogP contribution is -2.28. The molecule has 0 aliphatic carbocycles. The largest absolute Gasteiger partial charge is 0.343 e. The van der Waals surface area contributed by atoms with E-state index in [-0.39, 0.29) is 0 Å². The first-order chi connectivity index (χ1) is 15.7. The molecule has 0 radical (unpaired) electrons. The zero-order valence-corrected chi connectivity index (χ0v) is 19.2. The number of imidazole rings is 1. The molecule has 4 aromatic rings. The molecule has 0 unspecified atom stereocenters. The van der Waals surface area contributed by atoms with E-state index >= 15 is 0 Å². The minimum atomic E-state index is 0.311. The molecule has 2 N–H and O–H groups in total. The number of aryl methyl sites for hydroxylation is 1. The van der Waals surface area contributed by atoms with Gasteiger partial charge in [0, 0.05) is 30.9 Å². The van der Waals surface area contributed by atoms with Crippen molar-refractivity contribution >= 4 is 28.3 Å². The number of aromatic amines is 1. The van der Waals surface area contributed by atoms with Crippen LogP contribution in [-0.4, -0.2) is 40.4 Å². The minimum absolute atomic E-state index is 0.311. The van der Waals surface area contributed by atoms with E-state index in [0.29, 0.717) is 5.91 Å². The lowest BCUT2D eigenvalue weighted by molar-refractivity contribution is -0.127. The zero-order valence-electron chi connectivity index (χ0n) is 18.4. The minimum Gasteiger partial charge on any atom is -0.343 e. The van der Waals surface area contributed by atoms with Crippen LogP contribution in [0.1, 0.15) is 30.4 Å². The van der Waals surface area contributed by atoms with E-state index in [2.05, 4.69) is 71.8 Å². The van der Waals surface area contributed by atoms with Gasteiger partial charge in [0.1, 0.15) is 5.82 Å². The molecule has 2 aromatic carbocycles. The Morgan fingerprint density at radius 2 is 2.00 bits per heavy atom. The monoisotopic (exact) mass is 444 g/mol. The van der Waals surface area contributed by atoms with Crippen molar-refractivity contribution in [1.29, 1.82) is 0 Å². The number of rotatable bonds is 8. The van der Waals surface area contributed by atoms with Gasteiger partial charge in [0.25, 0.3) is 0 Å². The van der Waals surface area contributed by atoms with Crippen molar-refractivity contribution in [1.82, 2.24) is 20.2 Å². The number of hydrogen-bond acceptors (Lipinski definition) is 4. The molecule has 3 heterocycles. The highest BCUT2D eigenvalue weighted by molar-refractivity contribution is 7.18. The maximum absolute atomic E-state index is 11.7. The average Bonchev–Trinajstić information content (AvgIpc) is 3.54. The summed E-state index contributed by atoms with van der Waals surface area (Å²) in [5.74, 6) is 1.24. The molecule has 5 nitrogen and oxygen atoms in total. The van der Waals surface area contributed by atoms with E-state index < -0.39 is 0 Å².